The van der Waals surface area contributed by atoms with Crippen LogP contribution in [0.5, 0.6) is 0 Å². The summed E-state index contributed by atoms with van der Waals surface area (Å²) in [5, 5.41) is 4.23. The second-order valence-corrected chi connectivity index (χ2v) is 5.76. The summed E-state index contributed by atoms with van der Waals surface area (Å²) in [6.45, 7) is 0. The number of aromatic nitrogens is 1. The molecule has 1 heterocycles. The third-order valence-corrected chi connectivity index (χ3v) is 4.01. The minimum absolute atomic E-state index is 0.202. The second-order valence-electron chi connectivity index (χ2n) is 4.84. The van der Waals surface area contributed by atoms with Gasteiger partial charge in [0.25, 0.3) is 0 Å². The number of hydrogen-bond acceptors (Lipinski definition) is 2. The summed E-state index contributed by atoms with van der Waals surface area (Å²) in [7, 11) is 1.83. The van der Waals surface area contributed by atoms with Gasteiger partial charge < -0.3 is 5.32 Å². The van der Waals surface area contributed by atoms with Crippen molar-refractivity contribution >= 4 is 26.8 Å². The lowest BCUT2D eigenvalue weighted by Gasteiger charge is -2.18. The molecule has 0 radical (unpaired) electrons. The summed E-state index contributed by atoms with van der Waals surface area (Å²) < 4.78 is 15.0. The average molecular weight is 345 g/mol. The highest BCUT2D eigenvalue weighted by molar-refractivity contribution is 9.10. The molecule has 0 saturated heterocycles. The van der Waals surface area contributed by atoms with Crippen molar-refractivity contribution in [3.63, 3.8) is 0 Å². The van der Waals surface area contributed by atoms with E-state index in [1.807, 2.05) is 43.4 Å². The first-order chi connectivity index (χ1) is 10.2. The van der Waals surface area contributed by atoms with Crippen molar-refractivity contribution in [1.82, 2.24) is 10.3 Å². The predicted molar refractivity (Wildman–Crippen MR) is 86.7 cm³/mol. The van der Waals surface area contributed by atoms with Crippen LogP contribution in [0.25, 0.3) is 10.9 Å². The average Bonchev–Trinajstić information content (AvgIpc) is 2.51. The van der Waals surface area contributed by atoms with Gasteiger partial charge in [0.2, 0.25) is 0 Å². The molecule has 0 bridgehead atoms. The Bertz CT molecular complexity index is 789. The maximum atomic E-state index is 14.1. The Labute approximate surface area is 131 Å². The molecule has 1 atom stereocenters. The highest BCUT2D eigenvalue weighted by atomic mass is 79.9. The molecule has 3 rings (SSSR count). The van der Waals surface area contributed by atoms with Crippen LogP contribution in [0.2, 0.25) is 0 Å². The fraction of sp³-hybridized carbons (Fsp3) is 0.118. The van der Waals surface area contributed by atoms with Crippen LogP contribution in [0.4, 0.5) is 4.39 Å². The SMILES string of the molecule is CNC(c1ccc2ncccc2c1)c1cc(Br)ccc1F. The molecular formula is C17H14BrFN2. The van der Waals surface area contributed by atoms with Crippen molar-refractivity contribution in [2.45, 2.75) is 6.04 Å². The molecular weight excluding hydrogens is 331 g/mol. The van der Waals surface area contributed by atoms with Crippen molar-refractivity contribution in [3.8, 4) is 0 Å². The molecule has 0 aliphatic rings. The fourth-order valence-electron chi connectivity index (χ4n) is 2.51. The molecule has 0 aliphatic heterocycles. The van der Waals surface area contributed by atoms with Crippen LogP contribution in [0.1, 0.15) is 17.2 Å². The van der Waals surface area contributed by atoms with Gasteiger partial charge in [0.05, 0.1) is 11.6 Å². The lowest BCUT2D eigenvalue weighted by molar-refractivity contribution is 0.576. The lowest BCUT2D eigenvalue weighted by Crippen LogP contribution is -2.19. The molecule has 0 saturated carbocycles. The smallest absolute Gasteiger partial charge is 0.128 e. The van der Waals surface area contributed by atoms with E-state index in [9.17, 15) is 4.39 Å². The Morgan fingerprint density at radius 3 is 2.81 bits per heavy atom. The van der Waals surface area contributed by atoms with E-state index in [1.165, 1.54) is 6.07 Å². The maximum absolute atomic E-state index is 14.1. The van der Waals surface area contributed by atoms with E-state index in [0.717, 1.165) is 20.9 Å². The van der Waals surface area contributed by atoms with Crippen LogP contribution in [0, 0.1) is 5.82 Å². The molecule has 0 spiro atoms. The van der Waals surface area contributed by atoms with Crippen molar-refractivity contribution in [2.24, 2.45) is 0 Å². The maximum Gasteiger partial charge on any atom is 0.128 e. The van der Waals surface area contributed by atoms with Gasteiger partial charge in [-0.3, -0.25) is 4.98 Å². The summed E-state index contributed by atoms with van der Waals surface area (Å²) in [4.78, 5) is 4.31. The number of nitrogens with zero attached hydrogens (tertiary/aromatic N) is 1. The van der Waals surface area contributed by atoms with Gasteiger partial charge in [-0.05, 0) is 49.0 Å². The summed E-state index contributed by atoms with van der Waals surface area (Å²) in [5.41, 5.74) is 2.57. The molecule has 1 N–H and O–H groups in total. The number of hydrogen-bond donors (Lipinski definition) is 1. The van der Waals surface area contributed by atoms with Gasteiger partial charge in [0.15, 0.2) is 0 Å². The molecule has 3 aromatic rings. The third-order valence-electron chi connectivity index (χ3n) is 3.52. The Hall–Kier alpha value is -1.78. The first kappa shape index (κ1) is 14.2. The van der Waals surface area contributed by atoms with E-state index < -0.39 is 0 Å². The zero-order valence-electron chi connectivity index (χ0n) is 11.5. The zero-order valence-corrected chi connectivity index (χ0v) is 13.1. The van der Waals surface area contributed by atoms with Crippen molar-refractivity contribution in [1.29, 1.82) is 0 Å². The standard InChI is InChI=1S/C17H14BrFN2/c1-20-17(14-10-13(18)5-6-15(14)19)12-4-7-16-11(9-12)3-2-8-21-16/h2-10,17,20H,1H3. The highest BCUT2D eigenvalue weighted by Crippen LogP contribution is 2.28. The first-order valence-electron chi connectivity index (χ1n) is 6.66. The van der Waals surface area contributed by atoms with Gasteiger partial charge in [-0.1, -0.05) is 28.1 Å². The summed E-state index contributed by atoms with van der Waals surface area (Å²) in [6, 6.07) is 14.7. The Kier molecular flexibility index (Phi) is 3.99. The van der Waals surface area contributed by atoms with Gasteiger partial charge >= 0.3 is 0 Å². The quantitative estimate of drug-likeness (QED) is 0.759. The fourth-order valence-corrected chi connectivity index (χ4v) is 2.89. The minimum Gasteiger partial charge on any atom is -0.309 e. The number of benzene rings is 2. The van der Waals surface area contributed by atoms with Crippen LogP contribution in [-0.4, -0.2) is 12.0 Å². The van der Waals surface area contributed by atoms with Crippen LogP contribution in [0.3, 0.4) is 0 Å². The van der Waals surface area contributed by atoms with Crippen LogP contribution >= 0.6 is 15.9 Å². The number of pyridine rings is 1. The molecule has 0 aliphatic carbocycles. The monoisotopic (exact) mass is 344 g/mol. The van der Waals surface area contributed by atoms with Gasteiger partial charge in [0.1, 0.15) is 5.82 Å². The van der Waals surface area contributed by atoms with E-state index in [2.05, 4.69) is 26.2 Å². The van der Waals surface area contributed by atoms with Crippen LogP contribution in [0.15, 0.2) is 59.2 Å². The molecule has 2 nitrogen and oxygen atoms in total. The lowest BCUT2D eigenvalue weighted by atomic mass is 9.97. The summed E-state index contributed by atoms with van der Waals surface area (Å²) >= 11 is 3.40. The number of fused-ring (bicyclic) bond motifs is 1. The van der Waals surface area contributed by atoms with Crippen molar-refractivity contribution < 1.29 is 4.39 Å². The Morgan fingerprint density at radius 1 is 1.14 bits per heavy atom. The highest BCUT2D eigenvalue weighted by Gasteiger charge is 2.17. The molecule has 2 aromatic carbocycles. The molecule has 0 amide bonds. The number of halogens is 2. The Balaban J connectivity index is 2.11. The van der Waals surface area contributed by atoms with Crippen molar-refractivity contribution in [2.75, 3.05) is 7.05 Å². The van der Waals surface area contributed by atoms with Crippen LogP contribution in [-0.2, 0) is 0 Å². The number of rotatable bonds is 3. The summed E-state index contributed by atoms with van der Waals surface area (Å²) in [5.74, 6) is -0.219. The van der Waals surface area contributed by atoms with Gasteiger partial charge in [0, 0.05) is 21.6 Å². The van der Waals surface area contributed by atoms with E-state index in [0.29, 0.717) is 5.56 Å². The van der Waals surface area contributed by atoms with Crippen molar-refractivity contribution in [3.05, 3.63) is 76.1 Å². The van der Waals surface area contributed by atoms with E-state index in [-0.39, 0.29) is 11.9 Å². The molecule has 1 unspecified atom stereocenters. The topological polar surface area (TPSA) is 24.9 Å². The van der Waals surface area contributed by atoms with Gasteiger partial charge in [-0.15, -0.1) is 0 Å². The second kappa shape index (κ2) is 5.92. The number of nitrogens with one attached hydrogen (secondary N) is 1. The molecule has 4 heteroatoms. The molecule has 106 valence electrons. The van der Waals surface area contributed by atoms with Gasteiger partial charge in [-0.2, -0.15) is 0 Å². The molecule has 21 heavy (non-hydrogen) atoms. The van der Waals surface area contributed by atoms with Crippen LogP contribution < -0.4 is 5.32 Å². The van der Waals surface area contributed by atoms with E-state index in [4.69, 9.17) is 0 Å². The Morgan fingerprint density at radius 2 is 2.00 bits per heavy atom. The largest absolute Gasteiger partial charge is 0.309 e. The molecule has 1 aromatic heterocycles. The zero-order chi connectivity index (χ0) is 14.8. The van der Waals surface area contributed by atoms with E-state index >= 15 is 0 Å². The summed E-state index contributed by atoms with van der Waals surface area (Å²) in [6.07, 6.45) is 1.77. The predicted octanol–water partition coefficient (Wildman–Crippen LogP) is 4.45. The normalized spacial score (nSPS) is 12.5. The minimum atomic E-state index is -0.219. The molecule has 0 fully saturated rings. The first-order valence-corrected chi connectivity index (χ1v) is 7.45. The van der Waals surface area contributed by atoms with Gasteiger partial charge in [-0.25, -0.2) is 4.39 Å². The third kappa shape index (κ3) is 2.82. The van der Waals surface area contributed by atoms with E-state index in [1.54, 1.807) is 12.3 Å².